The zero-order valence-corrected chi connectivity index (χ0v) is 11.4. The smallest absolute Gasteiger partial charge is 0.465 e. The standard InChI is InChI=1S/C11H12F2O7S/c12-11(13,21(16,17)18)10(15)20-7-2-4-1-5(7)8-6(4)3-19-9(8)14/h4-8H,1-3H2,(H,16,17,18). The van der Waals surface area contributed by atoms with Crippen molar-refractivity contribution in [2.75, 3.05) is 6.61 Å². The summed E-state index contributed by atoms with van der Waals surface area (Å²) in [6.07, 6.45) is -0.114. The van der Waals surface area contributed by atoms with Gasteiger partial charge in [0.15, 0.2) is 0 Å². The summed E-state index contributed by atoms with van der Waals surface area (Å²) in [5, 5.41) is -5.01. The average molecular weight is 326 g/mol. The lowest BCUT2D eigenvalue weighted by molar-refractivity contribution is -0.172. The van der Waals surface area contributed by atoms with E-state index in [1.807, 2.05) is 0 Å². The van der Waals surface area contributed by atoms with Crippen molar-refractivity contribution in [3.8, 4) is 0 Å². The molecule has 1 aliphatic heterocycles. The van der Waals surface area contributed by atoms with Gasteiger partial charge in [-0.3, -0.25) is 9.35 Å². The number of fused-ring (bicyclic) bond motifs is 5. The van der Waals surface area contributed by atoms with Gasteiger partial charge in [0.1, 0.15) is 6.10 Å². The van der Waals surface area contributed by atoms with Gasteiger partial charge >= 0.3 is 27.3 Å². The Morgan fingerprint density at radius 2 is 2.00 bits per heavy atom. The van der Waals surface area contributed by atoms with E-state index >= 15 is 0 Å². The molecule has 0 aromatic rings. The molecule has 1 heterocycles. The minimum absolute atomic E-state index is 0.0135. The Balaban J connectivity index is 1.73. The first-order valence-electron chi connectivity index (χ1n) is 6.35. The third-order valence-electron chi connectivity index (χ3n) is 4.63. The van der Waals surface area contributed by atoms with Crippen molar-refractivity contribution in [3.63, 3.8) is 0 Å². The van der Waals surface area contributed by atoms with Crippen molar-refractivity contribution in [1.29, 1.82) is 0 Å². The quantitative estimate of drug-likeness (QED) is 0.583. The maximum absolute atomic E-state index is 13.2. The van der Waals surface area contributed by atoms with E-state index in [1.54, 1.807) is 0 Å². The molecule has 5 atom stereocenters. The van der Waals surface area contributed by atoms with Crippen molar-refractivity contribution >= 4 is 22.1 Å². The van der Waals surface area contributed by atoms with Crippen molar-refractivity contribution in [3.05, 3.63) is 0 Å². The van der Waals surface area contributed by atoms with Crippen molar-refractivity contribution in [2.24, 2.45) is 23.7 Å². The van der Waals surface area contributed by atoms with Crippen LogP contribution in [-0.4, -0.2) is 42.9 Å². The summed E-state index contributed by atoms with van der Waals surface area (Å²) in [5.41, 5.74) is 0. The first-order chi connectivity index (χ1) is 9.63. The molecule has 10 heteroatoms. The normalized spacial score (nSPS) is 38.2. The van der Waals surface area contributed by atoms with Gasteiger partial charge in [-0.05, 0) is 18.8 Å². The van der Waals surface area contributed by atoms with Crippen LogP contribution in [0.15, 0.2) is 0 Å². The molecule has 0 radical (unpaired) electrons. The first kappa shape index (κ1) is 14.6. The maximum Gasteiger partial charge on any atom is 0.465 e. The Labute approximate surface area is 118 Å². The number of halogens is 2. The largest absolute Gasteiger partial charge is 0.465 e. The highest BCUT2D eigenvalue weighted by molar-refractivity contribution is 7.87. The summed E-state index contributed by atoms with van der Waals surface area (Å²) in [6, 6.07) is 0. The van der Waals surface area contributed by atoms with E-state index in [2.05, 4.69) is 4.74 Å². The summed E-state index contributed by atoms with van der Waals surface area (Å²) >= 11 is 0. The summed E-state index contributed by atoms with van der Waals surface area (Å²) in [4.78, 5) is 22.9. The van der Waals surface area contributed by atoms with Crippen LogP contribution in [-0.2, 0) is 29.2 Å². The summed E-state index contributed by atoms with van der Waals surface area (Å²) in [6.45, 7) is 0.284. The lowest BCUT2D eigenvalue weighted by Crippen LogP contribution is -2.43. The molecule has 0 spiro atoms. The van der Waals surface area contributed by atoms with Gasteiger partial charge in [0.25, 0.3) is 0 Å². The van der Waals surface area contributed by atoms with Crippen LogP contribution >= 0.6 is 0 Å². The molecule has 3 fully saturated rings. The van der Waals surface area contributed by atoms with E-state index in [9.17, 15) is 26.8 Å². The fourth-order valence-corrected chi connectivity index (χ4v) is 3.98. The van der Waals surface area contributed by atoms with Gasteiger partial charge in [0.2, 0.25) is 0 Å². The van der Waals surface area contributed by atoms with Crippen molar-refractivity contribution < 1.29 is 40.8 Å². The fourth-order valence-electron chi connectivity index (χ4n) is 3.72. The topological polar surface area (TPSA) is 107 Å². The first-order valence-corrected chi connectivity index (χ1v) is 7.79. The van der Waals surface area contributed by atoms with Crippen LogP contribution in [0.5, 0.6) is 0 Å². The van der Waals surface area contributed by atoms with Gasteiger partial charge in [-0.25, -0.2) is 4.79 Å². The van der Waals surface area contributed by atoms with Gasteiger partial charge in [-0.1, -0.05) is 0 Å². The molecule has 0 amide bonds. The zero-order chi connectivity index (χ0) is 15.6. The highest BCUT2D eigenvalue weighted by atomic mass is 32.2. The molecule has 5 unspecified atom stereocenters. The molecule has 7 nitrogen and oxygen atoms in total. The number of carbonyl (C=O) groups excluding carboxylic acids is 2. The maximum atomic E-state index is 13.2. The molecule has 0 aromatic carbocycles. The Morgan fingerprint density at radius 1 is 1.33 bits per heavy atom. The highest BCUT2D eigenvalue weighted by Crippen LogP contribution is 2.56. The molecule has 1 saturated heterocycles. The van der Waals surface area contributed by atoms with E-state index in [1.165, 1.54) is 0 Å². The summed E-state index contributed by atoms with van der Waals surface area (Å²) < 4.78 is 65.1. The van der Waals surface area contributed by atoms with Crippen molar-refractivity contribution in [1.82, 2.24) is 0 Å². The van der Waals surface area contributed by atoms with Crippen LogP contribution in [0.1, 0.15) is 12.8 Å². The number of cyclic esters (lactones) is 1. The monoisotopic (exact) mass is 326 g/mol. The molecule has 3 rings (SSSR count). The molecule has 2 bridgehead atoms. The lowest BCUT2D eigenvalue weighted by atomic mass is 9.80. The number of hydrogen-bond acceptors (Lipinski definition) is 6. The molecule has 2 saturated carbocycles. The Bertz CT molecular complexity index is 602. The molecule has 1 N–H and O–H groups in total. The SMILES string of the molecule is O=C1OCC2C3CC(OC(=O)C(F)(F)S(=O)(=O)O)C(C3)C12. The van der Waals surface area contributed by atoms with Gasteiger partial charge in [0, 0.05) is 11.8 Å². The van der Waals surface area contributed by atoms with Gasteiger partial charge in [-0.2, -0.15) is 17.2 Å². The minimum atomic E-state index is -5.88. The second-order valence-corrected chi connectivity index (χ2v) is 7.11. The second kappa shape index (κ2) is 4.35. The Morgan fingerprint density at radius 3 is 2.62 bits per heavy atom. The Hall–Kier alpha value is -1.29. The van der Waals surface area contributed by atoms with Crippen LogP contribution in [0, 0.1) is 23.7 Å². The van der Waals surface area contributed by atoms with Gasteiger partial charge < -0.3 is 9.47 Å². The highest BCUT2D eigenvalue weighted by Gasteiger charge is 2.62. The number of ether oxygens (including phenoxy) is 2. The zero-order valence-electron chi connectivity index (χ0n) is 10.6. The molecule has 118 valence electrons. The van der Waals surface area contributed by atoms with Crippen LogP contribution < -0.4 is 0 Å². The minimum Gasteiger partial charge on any atom is -0.465 e. The van der Waals surface area contributed by atoms with Crippen LogP contribution in [0.4, 0.5) is 8.78 Å². The van der Waals surface area contributed by atoms with Crippen LogP contribution in [0.3, 0.4) is 0 Å². The van der Waals surface area contributed by atoms with E-state index < -0.39 is 45.3 Å². The number of carbonyl (C=O) groups is 2. The summed E-state index contributed by atoms with van der Waals surface area (Å²) in [7, 11) is -5.88. The second-order valence-electron chi connectivity index (χ2n) is 5.65. The molecular weight excluding hydrogens is 314 g/mol. The summed E-state index contributed by atoms with van der Waals surface area (Å²) in [5.74, 6) is -3.62. The number of esters is 2. The average Bonchev–Trinajstić information content (AvgIpc) is 3.00. The van der Waals surface area contributed by atoms with E-state index in [-0.39, 0.29) is 24.9 Å². The molecule has 2 aliphatic carbocycles. The number of hydrogen-bond donors (Lipinski definition) is 1. The predicted octanol–water partition coefficient (Wildman–Crippen LogP) is 0.208. The van der Waals surface area contributed by atoms with E-state index in [0.717, 1.165) is 0 Å². The Kier molecular flexibility index (Phi) is 3.04. The van der Waals surface area contributed by atoms with Gasteiger partial charge in [0.05, 0.1) is 12.5 Å². The van der Waals surface area contributed by atoms with Crippen LogP contribution in [0.2, 0.25) is 0 Å². The number of rotatable bonds is 3. The molecule has 0 aromatic heterocycles. The van der Waals surface area contributed by atoms with E-state index in [4.69, 9.17) is 9.29 Å². The molecule has 3 aliphatic rings. The van der Waals surface area contributed by atoms with E-state index in [0.29, 0.717) is 6.42 Å². The predicted molar refractivity (Wildman–Crippen MR) is 60.5 cm³/mol. The molecular formula is C11H12F2O7S. The third-order valence-corrected chi connectivity index (χ3v) is 5.44. The van der Waals surface area contributed by atoms with Crippen LogP contribution in [0.25, 0.3) is 0 Å². The molecule has 21 heavy (non-hydrogen) atoms. The lowest BCUT2D eigenvalue weighted by Gasteiger charge is -2.28. The van der Waals surface area contributed by atoms with Crippen molar-refractivity contribution in [2.45, 2.75) is 24.2 Å². The fraction of sp³-hybridized carbons (Fsp3) is 0.818. The number of alkyl halides is 2. The third kappa shape index (κ3) is 2.03. The van der Waals surface area contributed by atoms with Gasteiger partial charge in [-0.15, -0.1) is 0 Å².